The van der Waals surface area contributed by atoms with E-state index in [0.717, 1.165) is 0 Å². The van der Waals surface area contributed by atoms with Crippen molar-refractivity contribution < 1.29 is 19.6 Å². The fraction of sp³-hybridized carbons (Fsp3) is 0.125. The third-order valence-electron chi connectivity index (χ3n) is 1.32. The number of carbonyl (C=O) groups is 1. The molecule has 0 aliphatic carbocycles. The smallest absolute Gasteiger partial charge is 0.328 e. The lowest BCUT2D eigenvalue weighted by atomic mass is 10.3. The van der Waals surface area contributed by atoms with Crippen molar-refractivity contribution in [2.75, 3.05) is 0 Å². The van der Waals surface area contributed by atoms with Gasteiger partial charge in [0.2, 0.25) is 0 Å². The molecule has 0 amide bonds. The second-order valence-corrected chi connectivity index (χ2v) is 2.45. The molecule has 1 unspecified atom stereocenters. The summed E-state index contributed by atoms with van der Waals surface area (Å²) in [6.07, 6.45) is 2.74. The van der Waals surface area contributed by atoms with Gasteiger partial charge in [0.1, 0.15) is 5.76 Å². The summed E-state index contributed by atoms with van der Waals surface area (Å²) in [6.45, 7) is 1.40. The minimum Gasteiger partial charge on any atom is -0.592 e. The van der Waals surface area contributed by atoms with Crippen LogP contribution in [0.25, 0.3) is 6.08 Å². The van der Waals surface area contributed by atoms with Crippen molar-refractivity contribution in [3.05, 3.63) is 29.2 Å². The zero-order valence-electron chi connectivity index (χ0n) is 6.98. The molecule has 0 aliphatic rings. The van der Waals surface area contributed by atoms with Gasteiger partial charge >= 0.3 is 5.88 Å². The molecule has 0 spiro atoms. The highest BCUT2D eigenvalue weighted by molar-refractivity contribution is 5.91. The maximum absolute atomic E-state index is 10.5. The molecule has 0 aromatic carbocycles. The molecule has 5 heteroatoms. The van der Waals surface area contributed by atoms with Gasteiger partial charge in [-0.1, -0.05) is 0 Å². The number of carbonyl (C=O) groups excluding carboxylic acids is 1. The summed E-state index contributed by atoms with van der Waals surface area (Å²) in [5, 5.41) is 17.7. The first-order chi connectivity index (χ1) is 6.09. The van der Waals surface area contributed by atoms with E-state index in [1.807, 2.05) is 0 Å². The molecule has 0 radical (unpaired) electrons. The van der Waals surface area contributed by atoms with Crippen LogP contribution < -0.4 is 5.23 Å². The molecule has 1 heterocycles. The Kier molecular flexibility index (Phi) is 2.97. The fourth-order valence-electron chi connectivity index (χ4n) is 0.757. The lowest BCUT2D eigenvalue weighted by Crippen LogP contribution is -2.99. The second-order valence-electron chi connectivity index (χ2n) is 2.45. The molecule has 70 valence electrons. The van der Waals surface area contributed by atoms with Crippen LogP contribution in [0.4, 0.5) is 5.88 Å². The van der Waals surface area contributed by atoms with E-state index in [2.05, 4.69) is 0 Å². The molecule has 0 aliphatic heterocycles. The highest BCUT2D eigenvalue weighted by atomic mass is 16.8. The van der Waals surface area contributed by atoms with Crippen LogP contribution in [0.2, 0.25) is 0 Å². The van der Waals surface area contributed by atoms with Crippen molar-refractivity contribution in [3.8, 4) is 0 Å². The SMILES string of the molecule is CC(=O)C=Cc1ccc([NH+]([O-])O)o1. The van der Waals surface area contributed by atoms with Gasteiger partial charge in [0.05, 0.1) is 0 Å². The predicted octanol–water partition coefficient (Wildman–Crippen LogP) is 0.285. The third kappa shape index (κ3) is 2.83. The summed E-state index contributed by atoms with van der Waals surface area (Å²) < 4.78 is 4.86. The first kappa shape index (κ1) is 9.66. The maximum atomic E-state index is 10.5. The molecule has 0 bridgehead atoms. The standard InChI is InChI=1S/C8H9NO4/c1-6(10)2-3-7-4-5-8(13-7)9(11)12/h2-5,9,11H,1H3. The van der Waals surface area contributed by atoms with E-state index in [0.29, 0.717) is 5.76 Å². The van der Waals surface area contributed by atoms with Crippen molar-refractivity contribution in [2.45, 2.75) is 6.92 Å². The summed E-state index contributed by atoms with van der Waals surface area (Å²) in [6, 6.07) is 2.82. The van der Waals surface area contributed by atoms with Crippen molar-refractivity contribution >= 4 is 17.7 Å². The first-order valence-corrected chi connectivity index (χ1v) is 3.61. The monoisotopic (exact) mass is 183 g/mol. The normalized spacial score (nSPS) is 13.5. The van der Waals surface area contributed by atoms with Crippen LogP contribution in [0.5, 0.6) is 0 Å². The minimum absolute atomic E-state index is 0.117. The Morgan fingerprint density at radius 1 is 1.69 bits per heavy atom. The molecule has 1 atom stereocenters. The topological polar surface area (TPSA) is 77.9 Å². The van der Waals surface area contributed by atoms with Gasteiger partial charge in [0, 0.05) is 6.07 Å². The van der Waals surface area contributed by atoms with Gasteiger partial charge in [-0.05, 0) is 25.1 Å². The Labute approximate surface area is 74.4 Å². The highest BCUT2D eigenvalue weighted by Gasteiger charge is 2.04. The van der Waals surface area contributed by atoms with Crippen LogP contribution >= 0.6 is 0 Å². The van der Waals surface area contributed by atoms with Crippen LogP contribution in [0.3, 0.4) is 0 Å². The van der Waals surface area contributed by atoms with Crippen molar-refractivity contribution in [3.63, 3.8) is 0 Å². The van der Waals surface area contributed by atoms with Crippen LogP contribution in [-0.4, -0.2) is 11.0 Å². The molecular formula is C8H9NO4. The predicted molar refractivity (Wildman–Crippen MR) is 44.2 cm³/mol. The number of nitrogens with one attached hydrogen (secondary N) is 1. The van der Waals surface area contributed by atoms with Gasteiger partial charge < -0.3 is 9.62 Å². The zero-order chi connectivity index (χ0) is 9.84. The lowest BCUT2D eigenvalue weighted by Gasteiger charge is -2.05. The Balaban J connectivity index is 2.75. The van der Waals surface area contributed by atoms with Crippen LogP contribution in [0.1, 0.15) is 12.7 Å². The number of allylic oxidation sites excluding steroid dienone is 1. The van der Waals surface area contributed by atoms with E-state index in [4.69, 9.17) is 9.62 Å². The molecule has 1 aromatic rings. The van der Waals surface area contributed by atoms with E-state index in [9.17, 15) is 10.0 Å². The van der Waals surface area contributed by atoms with E-state index in [1.54, 1.807) is 0 Å². The molecule has 0 fully saturated rings. The van der Waals surface area contributed by atoms with E-state index < -0.39 is 5.23 Å². The Morgan fingerprint density at radius 3 is 2.85 bits per heavy atom. The van der Waals surface area contributed by atoms with Gasteiger partial charge in [0.25, 0.3) is 0 Å². The van der Waals surface area contributed by atoms with Gasteiger partial charge in [-0.3, -0.25) is 4.79 Å². The molecule has 1 rings (SSSR count). The van der Waals surface area contributed by atoms with Gasteiger partial charge in [0.15, 0.2) is 5.78 Å². The van der Waals surface area contributed by atoms with Gasteiger partial charge in [-0.25, -0.2) is 5.21 Å². The third-order valence-corrected chi connectivity index (χ3v) is 1.32. The van der Waals surface area contributed by atoms with E-state index in [-0.39, 0.29) is 11.7 Å². The van der Waals surface area contributed by atoms with Crippen molar-refractivity contribution in [1.29, 1.82) is 0 Å². The van der Waals surface area contributed by atoms with Gasteiger partial charge in [-0.15, -0.1) is 0 Å². The zero-order valence-corrected chi connectivity index (χ0v) is 6.98. The number of hydrogen-bond donors (Lipinski definition) is 2. The first-order valence-electron chi connectivity index (χ1n) is 3.61. The number of furan rings is 1. The fourth-order valence-corrected chi connectivity index (χ4v) is 0.757. The molecule has 0 saturated carbocycles. The summed E-state index contributed by atoms with van der Waals surface area (Å²) >= 11 is 0. The van der Waals surface area contributed by atoms with E-state index in [1.165, 1.54) is 31.2 Å². The molecular weight excluding hydrogens is 174 g/mol. The molecule has 2 N–H and O–H groups in total. The molecule has 0 saturated heterocycles. The number of rotatable bonds is 3. The number of ketones is 1. The Bertz CT molecular complexity index is 327. The summed E-state index contributed by atoms with van der Waals surface area (Å²) in [4.78, 5) is 10.5. The molecule has 13 heavy (non-hydrogen) atoms. The lowest BCUT2D eigenvalue weighted by molar-refractivity contribution is -0.997. The van der Waals surface area contributed by atoms with Gasteiger partial charge in [-0.2, -0.15) is 5.23 Å². The second kappa shape index (κ2) is 3.99. The average molecular weight is 183 g/mol. The van der Waals surface area contributed by atoms with Crippen LogP contribution in [-0.2, 0) is 4.79 Å². The minimum atomic E-state index is -1.12. The summed E-state index contributed by atoms with van der Waals surface area (Å²) in [7, 11) is 0. The largest absolute Gasteiger partial charge is 0.592 e. The molecule has 5 nitrogen and oxygen atoms in total. The summed E-state index contributed by atoms with van der Waals surface area (Å²) in [5.41, 5.74) is 0. The number of hydrogen-bond acceptors (Lipinski definition) is 4. The molecule has 1 aromatic heterocycles. The highest BCUT2D eigenvalue weighted by Crippen LogP contribution is 2.10. The Morgan fingerprint density at radius 2 is 2.38 bits per heavy atom. The van der Waals surface area contributed by atoms with Crippen molar-refractivity contribution in [1.82, 2.24) is 0 Å². The number of quaternary nitrogens is 1. The van der Waals surface area contributed by atoms with E-state index >= 15 is 0 Å². The van der Waals surface area contributed by atoms with Crippen LogP contribution in [0, 0.1) is 5.21 Å². The maximum Gasteiger partial charge on any atom is 0.328 e. The Hall–Kier alpha value is -1.43. The quantitative estimate of drug-likeness (QED) is 0.521. The van der Waals surface area contributed by atoms with Crippen LogP contribution in [0.15, 0.2) is 22.6 Å². The van der Waals surface area contributed by atoms with Crippen molar-refractivity contribution in [2.24, 2.45) is 0 Å². The summed E-state index contributed by atoms with van der Waals surface area (Å²) in [5.74, 6) is 0.101. The average Bonchev–Trinajstić information content (AvgIpc) is 2.48.